The van der Waals surface area contributed by atoms with Gasteiger partial charge in [0, 0.05) is 32.6 Å². The molecule has 0 aromatic heterocycles. The Bertz CT molecular complexity index is 208. The van der Waals surface area contributed by atoms with Crippen LogP contribution in [0.15, 0.2) is 0 Å². The molecule has 1 aliphatic heterocycles. The summed E-state index contributed by atoms with van der Waals surface area (Å²) in [6, 6.07) is 0.595. The van der Waals surface area contributed by atoms with Crippen LogP contribution in [0.1, 0.15) is 26.2 Å². The number of hydrogen-bond donors (Lipinski definition) is 2. The van der Waals surface area contributed by atoms with Gasteiger partial charge < -0.3 is 11.1 Å². The first-order chi connectivity index (χ1) is 7.17. The number of hydrogen-bond acceptors (Lipinski definition) is 3. The van der Waals surface area contributed by atoms with Crippen LogP contribution in [0.3, 0.4) is 0 Å². The fourth-order valence-electron chi connectivity index (χ4n) is 2.14. The van der Waals surface area contributed by atoms with Crippen LogP contribution in [-0.2, 0) is 4.79 Å². The lowest BCUT2D eigenvalue weighted by Gasteiger charge is -2.37. The molecule has 0 bridgehead atoms. The number of amides is 1. The minimum Gasteiger partial charge on any atom is -0.359 e. The van der Waals surface area contributed by atoms with Gasteiger partial charge in [0.15, 0.2) is 0 Å². The Labute approximate surface area is 92.2 Å². The molecule has 2 unspecified atom stereocenters. The maximum Gasteiger partial charge on any atom is 0.221 e. The monoisotopic (exact) mass is 213 g/mol. The van der Waals surface area contributed by atoms with Crippen LogP contribution in [-0.4, -0.2) is 43.5 Å². The normalized spacial score (nSPS) is 27.7. The SMILES string of the molecule is CNC(=O)CCN1CC(CN)CCC1C. The lowest BCUT2D eigenvalue weighted by atomic mass is 9.93. The van der Waals surface area contributed by atoms with Gasteiger partial charge >= 0.3 is 0 Å². The summed E-state index contributed by atoms with van der Waals surface area (Å²) in [5.74, 6) is 0.739. The van der Waals surface area contributed by atoms with Crippen LogP contribution >= 0.6 is 0 Å². The highest BCUT2D eigenvalue weighted by Gasteiger charge is 2.24. The molecule has 1 heterocycles. The number of carbonyl (C=O) groups is 1. The molecule has 0 saturated carbocycles. The van der Waals surface area contributed by atoms with Crippen LogP contribution in [0.25, 0.3) is 0 Å². The minimum atomic E-state index is 0.122. The van der Waals surface area contributed by atoms with Crippen molar-refractivity contribution in [3.63, 3.8) is 0 Å². The molecular formula is C11H23N3O. The highest BCUT2D eigenvalue weighted by molar-refractivity contribution is 5.75. The Morgan fingerprint density at radius 2 is 2.27 bits per heavy atom. The van der Waals surface area contributed by atoms with E-state index in [1.54, 1.807) is 7.05 Å². The van der Waals surface area contributed by atoms with E-state index in [2.05, 4.69) is 17.1 Å². The average molecular weight is 213 g/mol. The lowest BCUT2D eigenvalue weighted by Crippen LogP contribution is -2.45. The average Bonchev–Trinajstić information content (AvgIpc) is 2.27. The minimum absolute atomic E-state index is 0.122. The van der Waals surface area contributed by atoms with E-state index in [0.717, 1.165) is 19.6 Å². The Hall–Kier alpha value is -0.610. The molecule has 4 heteroatoms. The van der Waals surface area contributed by atoms with Gasteiger partial charge in [0.2, 0.25) is 5.91 Å². The number of nitrogens with two attached hydrogens (primary N) is 1. The summed E-state index contributed by atoms with van der Waals surface area (Å²) in [7, 11) is 1.69. The molecule has 0 aliphatic carbocycles. The summed E-state index contributed by atoms with van der Waals surface area (Å²) in [5.41, 5.74) is 5.69. The third-order valence-corrected chi connectivity index (χ3v) is 3.35. The van der Waals surface area contributed by atoms with E-state index < -0.39 is 0 Å². The number of rotatable bonds is 4. The van der Waals surface area contributed by atoms with Crippen LogP contribution in [0.2, 0.25) is 0 Å². The molecule has 0 spiro atoms. The van der Waals surface area contributed by atoms with Gasteiger partial charge in [0.1, 0.15) is 0 Å². The van der Waals surface area contributed by atoms with Gasteiger partial charge in [-0.1, -0.05) is 0 Å². The maximum atomic E-state index is 11.1. The van der Waals surface area contributed by atoms with Crippen LogP contribution in [0.4, 0.5) is 0 Å². The summed E-state index contributed by atoms with van der Waals surface area (Å²) in [6.45, 7) is 4.91. The molecule has 2 atom stereocenters. The molecule has 1 saturated heterocycles. The molecule has 0 aromatic rings. The number of nitrogens with one attached hydrogen (secondary N) is 1. The summed E-state index contributed by atoms with van der Waals surface area (Å²) >= 11 is 0. The van der Waals surface area contributed by atoms with Crippen LogP contribution in [0, 0.1) is 5.92 Å². The van der Waals surface area contributed by atoms with Crippen molar-refractivity contribution in [2.24, 2.45) is 11.7 Å². The molecule has 3 N–H and O–H groups in total. The van der Waals surface area contributed by atoms with Crippen LogP contribution in [0.5, 0.6) is 0 Å². The van der Waals surface area contributed by atoms with Gasteiger partial charge in [-0.25, -0.2) is 0 Å². The molecule has 1 aliphatic rings. The maximum absolute atomic E-state index is 11.1. The molecule has 1 rings (SSSR count). The van der Waals surface area contributed by atoms with Gasteiger partial charge in [-0.05, 0) is 32.2 Å². The number of piperidine rings is 1. The number of carbonyl (C=O) groups excluding carboxylic acids is 1. The van der Waals surface area contributed by atoms with Crippen molar-refractivity contribution >= 4 is 5.91 Å². The zero-order valence-electron chi connectivity index (χ0n) is 9.83. The first kappa shape index (κ1) is 12.5. The molecule has 1 fully saturated rings. The van der Waals surface area contributed by atoms with Crippen molar-refractivity contribution in [1.82, 2.24) is 10.2 Å². The highest BCUT2D eigenvalue weighted by Crippen LogP contribution is 2.20. The molecule has 88 valence electrons. The smallest absolute Gasteiger partial charge is 0.221 e. The fourth-order valence-corrected chi connectivity index (χ4v) is 2.14. The number of nitrogens with zero attached hydrogens (tertiary/aromatic N) is 1. The van der Waals surface area contributed by atoms with E-state index in [4.69, 9.17) is 5.73 Å². The second-order valence-corrected chi connectivity index (χ2v) is 4.45. The van der Waals surface area contributed by atoms with Crippen molar-refractivity contribution in [2.45, 2.75) is 32.2 Å². The van der Waals surface area contributed by atoms with E-state index in [1.807, 2.05) is 0 Å². The van der Waals surface area contributed by atoms with Crippen molar-refractivity contribution in [1.29, 1.82) is 0 Å². The van der Waals surface area contributed by atoms with Gasteiger partial charge in [-0.3, -0.25) is 9.69 Å². The lowest BCUT2D eigenvalue weighted by molar-refractivity contribution is -0.121. The Morgan fingerprint density at radius 3 is 2.87 bits per heavy atom. The fraction of sp³-hybridized carbons (Fsp3) is 0.909. The second kappa shape index (κ2) is 6.08. The van der Waals surface area contributed by atoms with Crippen molar-refractivity contribution in [2.75, 3.05) is 26.7 Å². The predicted molar refractivity (Wildman–Crippen MR) is 61.5 cm³/mol. The largest absolute Gasteiger partial charge is 0.359 e. The molecular weight excluding hydrogens is 190 g/mol. The first-order valence-corrected chi connectivity index (χ1v) is 5.82. The Balaban J connectivity index is 2.34. The Morgan fingerprint density at radius 1 is 1.53 bits per heavy atom. The number of likely N-dealkylation sites (tertiary alicyclic amines) is 1. The van der Waals surface area contributed by atoms with E-state index in [1.165, 1.54) is 12.8 Å². The van der Waals surface area contributed by atoms with E-state index in [-0.39, 0.29) is 5.91 Å². The highest BCUT2D eigenvalue weighted by atomic mass is 16.1. The molecule has 4 nitrogen and oxygen atoms in total. The zero-order chi connectivity index (χ0) is 11.3. The summed E-state index contributed by atoms with van der Waals surface area (Å²) in [4.78, 5) is 13.5. The predicted octanol–water partition coefficient (Wildman–Crippen LogP) is 0.182. The summed E-state index contributed by atoms with van der Waals surface area (Å²) < 4.78 is 0. The summed E-state index contributed by atoms with van der Waals surface area (Å²) in [6.07, 6.45) is 3.03. The van der Waals surface area contributed by atoms with Gasteiger partial charge in [0.25, 0.3) is 0 Å². The molecule has 1 amide bonds. The van der Waals surface area contributed by atoms with Gasteiger partial charge in [-0.2, -0.15) is 0 Å². The molecule has 15 heavy (non-hydrogen) atoms. The van der Waals surface area contributed by atoms with Crippen LogP contribution < -0.4 is 11.1 Å². The van der Waals surface area contributed by atoms with E-state index in [0.29, 0.717) is 18.4 Å². The first-order valence-electron chi connectivity index (χ1n) is 5.82. The molecule has 0 aromatic carbocycles. The third-order valence-electron chi connectivity index (χ3n) is 3.35. The Kier molecular flexibility index (Phi) is 5.05. The molecule has 0 radical (unpaired) electrons. The topological polar surface area (TPSA) is 58.4 Å². The third kappa shape index (κ3) is 3.80. The zero-order valence-corrected chi connectivity index (χ0v) is 9.83. The van der Waals surface area contributed by atoms with Crippen molar-refractivity contribution in [3.8, 4) is 0 Å². The quantitative estimate of drug-likeness (QED) is 0.700. The van der Waals surface area contributed by atoms with Crippen molar-refractivity contribution in [3.05, 3.63) is 0 Å². The van der Waals surface area contributed by atoms with Gasteiger partial charge in [-0.15, -0.1) is 0 Å². The summed E-state index contributed by atoms with van der Waals surface area (Å²) in [5, 5.41) is 2.65. The second-order valence-electron chi connectivity index (χ2n) is 4.45. The van der Waals surface area contributed by atoms with Crippen molar-refractivity contribution < 1.29 is 4.79 Å². The van der Waals surface area contributed by atoms with E-state index >= 15 is 0 Å². The standard InChI is InChI=1S/C11H23N3O/c1-9-3-4-10(7-12)8-14(9)6-5-11(15)13-2/h9-10H,3-8,12H2,1-2H3,(H,13,15). The van der Waals surface area contributed by atoms with Gasteiger partial charge in [0.05, 0.1) is 0 Å². The van der Waals surface area contributed by atoms with E-state index in [9.17, 15) is 4.79 Å².